The first kappa shape index (κ1) is 25.2. The van der Waals surface area contributed by atoms with Crippen molar-refractivity contribution in [2.45, 2.75) is 25.8 Å². The summed E-state index contributed by atoms with van der Waals surface area (Å²) in [5.41, 5.74) is -0.423. The van der Waals surface area contributed by atoms with E-state index in [-0.39, 0.29) is 36.6 Å². The fourth-order valence-corrected chi connectivity index (χ4v) is 3.96. The van der Waals surface area contributed by atoms with Crippen LogP contribution in [0.25, 0.3) is 0 Å². The predicted octanol–water partition coefficient (Wildman–Crippen LogP) is 3.95. The molecule has 1 amide bonds. The fraction of sp³-hybridized carbons (Fsp3) is 0.400. The van der Waals surface area contributed by atoms with Gasteiger partial charge in [0.05, 0.1) is 10.7 Å². The molecular formula is C20H25F3IN5OS. The quantitative estimate of drug-likeness (QED) is 0.214. The average molecular weight is 567 g/mol. The number of carbonyl (C=O) groups is 1. The lowest BCUT2D eigenvalue weighted by molar-refractivity contribution is -0.114. The Bertz CT molecular complexity index is 889. The number of thiophene rings is 1. The molecule has 3 rings (SSSR count). The zero-order valence-corrected chi connectivity index (χ0v) is 20.1. The smallest absolute Gasteiger partial charge is 0.246 e. The zero-order valence-electron chi connectivity index (χ0n) is 17.0. The van der Waals surface area contributed by atoms with Crippen molar-refractivity contribution in [3.63, 3.8) is 0 Å². The number of carbonyl (C=O) groups excluding carboxylic acids is 1. The minimum atomic E-state index is -1.62. The molecule has 0 aliphatic carbocycles. The highest BCUT2D eigenvalue weighted by Gasteiger charge is 2.21. The number of piperidine rings is 1. The number of hydrogen-bond acceptors (Lipinski definition) is 4. The summed E-state index contributed by atoms with van der Waals surface area (Å²) in [5, 5.41) is 11.9. The van der Waals surface area contributed by atoms with Crippen LogP contribution in [0.5, 0.6) is 0 Å². The van der Waals surface area contributed by atoms with Crippen LogP contribution in [0, 0.1) is 17.5 Å². The number of anilines is 2. The van der Waals surface area contributed by atoms with E-state index in [4.69, 9.17) is 0 Å². The maximum absolute atomic E-state index is 13.7. The van der Waals surface area contributed by atoms with Gasteiger partial charge in [-0.2, -0.15) is 0 Å². The normalized spacial score (nSPS) is 14.7. The van der Waals surface area contributed by atoms with Crippen LogP contribution in [-0.4, -0.2) is 44.1 Å². The SMILES string of the molecule is CCNC(=NCC(=O)Nc1ccc(F)c(F)c1F)NC1CCN(c2cccs2)CC1.I. The van der Waals surface area contributed by atoms with E-state index in [1.54, 1.807) is 11.3 Å². The number of rotatable bonds is 6. The fourth-order valence-electron chi connectivity index (χ4n) is 3.17. The molecule has 1 aromatic carbocycles. The first-order valence-corrected chi connectivity index (χ1v) is 10.6. The van der Waals surface area contributed by atoms with Gasteiger partial charge in [0.1, 0.15) is 6.54 Å². The Hall–Kier alpha value is -2.02. The van der Waals surface area contributed by atoms with Gasteiger partial charge < -0.3 is 20.9 Å². The van der Waals surface area contributed by atoms with E-state index in [1.165, 1.54) is 5.00 Å². The van der Waals surface area contributed by atoms with Gasteiger partial charge in [0.2, 0.25) is 5.91 Å². The topological polar surface area (TPSA) is 68.8 Å². The maximum Gasteiger partial charge on any atom is 0.246 e. The molecule has 1 aliphatic rings. The van der Waals surface area contributed by atoms with Gasteiger partial charge in [0, 0.05) is 25.7 Å². The molecule has 2 aromatic rings. The summed E-state index contributed by atoms with van der Waals surface area (Å²) in [6, 6.07) is 6.09. The molecule has 3 N–H and O–H groups in total. The van der Waals surface area contributed by atoms with Crippen molar-refractivity contribution < 1.29 is 18.0 Å². The molecule has 0 saturated carbocycles. The number of guanidine groups is 1. The van der Waals surface area contributed by atoms with Crippen molar-refractivity contribution in [3.05, 3.63) is 47.1 Å². The van der Waals surface area contributed by atoms with Crippen LogP contribution < -0.4 is 20.9 Å². The number of aliphatic imine (C=N–C) groups is 1. The maximum atomic E-state index is 13.7. The number of amides is 1. The molecule has 0 bridgehead atoms. The summed E-state index contributed by atoms with van der Waals surface area (Å²) in [6.07, 6.45) is 1.85. The second-order valence-electron chi connectivity index (χ2n) is 6.82. The highest BCUT2D eigenvalue weighted by atomic mass is 127. The Morgan fingerprint density at radius 1 is 1.19 bits per heavy atom. The molecular weight excluding hydrogens is 542 g/mol. The molecule has 2 heterocycles. The van der Waals surface area contributed by atoms with Gasteiger partial charge in [-0.25, -0.2) is 18.2 Å². The molecule has 0 radical (unpaired) electrons. The molecule has 0 atom stereocenters. The number of hydrogen-bond donors (Lipinski definition) is 3. The Morgan fingerprint density at radius 3 is 2.58 bits per heavy atom. The molecule has 1 aromatic heterocycles. The molecule has 0 unspecified atom stereocenters. The summed E-state index contributed by atoms with van der Waals surface area (Å²) in [4.78, 5) is 18.6. The van der Waals surface area contributed by atoms with Crippen LogP contribution in [0.1, 0.15) is 19.8 Å². The third-order valence-corrected chi connectivity index (χ3v) is 5.62. The lowest BCUT2D eigenvalue weighted by Gasteiger charge is -2.33. The number of nitrogens with zero attached hydrogens (tertiary/aromatic N) is 2. The third kappa shape index (κ3) is 6.99. The van der Waals surface area contributed by atoms with Crippen molar-refractivity contribution in [1.29, 1.82) is 0 Å². The van der Waals surface area contributed by atoms with Crippen LogP contribution in [0.4, 0.5) is 23.9 Å². The van der Waals surface area contributed by atoms with E-state index in [0.29, 0.717) is 12.5 Å². The van der Waals surface area contributed by atoms with Gasteiger partial charge >= 0.3 is 0 Å². The minimum Gasteiger partial charge on any atom is -0.363 e. The highest BCUT2D eigenvalue weighted by Crippen LogP contribution is 2.24. The average Bonchev–Trinajstić information content (AvgIpc) is 3.28. The summed E-state index contributed by atoms with van der Waals surface area (Å²) >= 11 is 1.72. The standard InChI is InChI=1S/C20H24F3N5OS.HI/c1-2-24-20(26-13-7-9-28(10-8-13)17-4-3-11-30-17)25-12-16(29)27-15-6-5-14(21)18(22)19(15)23;/h3-6,11,13H,2,7-10,12H2,1H3,(H,27,29)(H2,24,25,26);1H. The van der Waals surface area contributed by atoms with Crippen molar-refractivity contribution >= 4 is 57.9 Å². The lowest BCUT2D eigenvalue weighted by Crippen LogP contribution is -2.48. The second kappa shape index (κ2) is 12.1. The molecule has 1 saturated heterocycles. The minimum absolute atomic E-state index is 0. The first-order chi connectivity index (χ1) is 14.5. The van der Waals surface area contributed by atoms with Crippen molar-refractivity contribution in [2.24, 2.45) is 4.99 Å². The van der Waals surface area contributed by atoms with Crippen molar-refractivity contribution in [1.82, 2.24) is 10.6 Å². The lowest BCUT2D eigenvalue weighted by atomic mass is 10.1. The van der Waals surface area contributed by atoms with Crippen LogP contribution in [0.2, 0.25) is 0 Å². The van der Waals surface area contributed by atoms with Gasteiger partial charge in [-0.05, 0) is 49.4 Å². The van der Waals surface area contributed by atoms with Crippen LogP contribution in [0.3, 0.4) is 0 Å². The number of halogens is 4. The van der Waals surface area contributed by atoms with Gasteiger partial charge in [0.15, 0.2) is 23.4 Å². The Morgan fingerprint density at radius 2 is 1.94 bits per heavy atom. The van der Waals surface area contributed by atoms with Crippen LogP contribution in [-0.2, 0) is 4.79 Å². The van der Waals surface area contributed by atoms with Crippen molar-refractivity contribution in [3.8, 4) is 0 Å². The molecule has 11 heteroatoms. The summed E-state index contributed by atoms with van der Waals surface area (Å²) < 4.78 is 40.0. The van der Waals surface area contributed by atoms with E-state index in [0.717, 1.165) is 38.1 Å². The van der Waals surface area contributed by atoms with E-state index in [9.17, 15) is 18.0 Å². The summed E-state index contributed by atoms with van der Waals surface area (Å²) in [7, 11) is 0. The van der Waals surface area contributed by atoms with E-state index < -0.39 is 29.0 Å². The van der Waals surface area contributed by atoms with Crippen LogP contribution in [0.15, 0.2) is 34.6 Å². The Kier molecular flexibility index (Phi) is 9.88. The predicted molar refractivity (Wildman–Crippen MR) is 129 cm³/mol. The second-order valence-corrected chi connectivity index (χ2v) is 7.75. The molecule has 0 spiro atoms. The molecule has 6 nitrogen and oxygen atoms in total. The Balaban J connectivity index is 0.00000341. The summed E-state index contributed by atoms with van der Waals surface area (Å²) in [5.74, 6) is -4.53. The summed E-state index contributed by atoms with van der Waals surface area (Å²) in [6.45, 7) is 4.08. The van der Waals surface area contributed by atoms with E-state index in [2.05, 4.69) is 37.3 Å². The zero-order chi connectivity index (χ0) is 21.5. The third-order valence-electron chi connectivity index (χ3n) is 4.69. The number of benzene rings is 1. The van der Waals surface area contributed by atoms with Gasteiger partial charge in [-0.15, -0.1) is 35.3 Å². The van der Waals surface area contributed by atoms with Crippen molar-refractivity contribution in [2.75, 3.05) is 36.4 Å². The highest BCUT2D eigenvalue weighted by molar-refractivity contribution is 14.0. The van der Waals surface area contributed by atoms with E-state index in [1.807, 2.05) is 13.0 Å². The van der Waals surface area contributed by atoms with E-state index >= 15 is 0 Å². The molecule has 1 fully saturated rings. The van der Waals surface area contributed by atoms with Gasteiger partial charge in [0.25, 0.3) is 0 Å². The first-order valence-electron chi connectivity index (χ1n) is 9.74. The largest absolute Gasteiger partial charge is 0.363 e. The molecule has 1 aliphatic heterocycles. The van der Waals surface area contributed by atoms with Crippen LogP contribution >= 0.6 is 35.3 Å². The van der Waals surface area contributed by atoms with Gasteiger partial charge in [-0.1, -0.05) is 0 Å². The Labute approximate surface area is 200 Å². The molecule has 31 heavy (non-hydrogen) atoms. The van der Waals surface area contributed by atoms with Gasteiger partial charge in [-0.3, -0.25) is 4.79 Å². The monoisotopic (exact) mass is 567 g/mol. The molecule has 170 valence electrons. The number of nitrogens with one attached hydrogen (secondary N) is 3.